The van der Waals surface area contributed by atoms with Crippen LogP contribution in [-0.2, 0) is 35.1 Å². The lowest BCUT2D eigenvalue weighted by atomic mass is 9.90. The van der Waals surface area contributed by atoms with Crippen molar-refractivity contribution in [1.82, 2.24) is 24.9 Å². The molecule has 48 heavy (non-hydrogen) atoms. The van der Waals surface area contributed by atoms with Gasteiger partial charge in [0.05, 0.1) is 48.7 Å². The van der Waals surface area contributed by atoms with Crippen molar-refractivity contribution < 1.29 is 28.7 Å². The van der Waals surface area contributed by atoms with Crippen LogP contribution in [-0.4, -0.2) is 135 Å². The van der Waals surface area contributed by atoms with Crippen molar-refractivity contribution in [3.63, 3.8) is 0 Å². The number of nitrogens with zero attached hydrogens (tertiary/aromatic N) is 4. The van der Waals surface area contributed by atoms with Crippen LogP contribution in [0.3, 0.4) is 0 Å². The minimum absolute atomic E-state index is 0.0206. The van der Waals surface area contributed by atoms with Gasteiger partial charge in [0.1, 0.15) is 0 Å². The molecule has 272 valence electrons. The van der Waals surface area contributed by atoms with Gasteiger partial charge in [-0.05, 0) is 70.8 Å². The van der Waals surface area contributed by atoms with Gasteiger partial charge in [0.25, 0.3) is 0 Å². The van der Waals surface area contributed by atoms with E-state index in [1.807, 2.05) is 64.0 Å². The van der Waals surface area contributed by atoms with Crippen LogP contribution in [0.2, 0.25) is 0 Å². The first-order valence-electron chi connectivity index (χ1n) is 17.2. The second kappa shape index (κ2) is 18.5. The molecule has 4 amide bonds. The van der Waals surface area contributed by atoms with Gasteiger partial charge in [0, 0.05) is 47.1 Å². The molecule has 6 atom stereocenters. The predicted octanol–water partition coefficient (Wildman–Crippen LogP) is 2.65. The van der Waals surface area contributed by atoms with E-state index in [1.165, 1.54) is 0 Å². The molecule has 1 saturated heterocycles. The van der Waals surface area contributed by atoms with Crippen LogP contribution in [0.25, 0.3) is 0 Å². The molecule has 0 aromatic heterocycles. The average Bonchev–Trinajstić information content (AvgIpc) is 3.54. The van der Waals surface area contributed by atoms with Gasteiger partial charge < -0.3 is 35.2 Å². The Morgan fingerprint density at radius 2 is 1.75 bits per heavy atom. The maximum atomic E-state index is 14.0. The SMILES string of the molecule is CCC(C)C(C(CC(=O)N1CCCC1C(OC)C(C)C(=O)N(C)CCc1cccc(N)c1)OC)N(C)C(=O)CNC(=O)C(C)(C)N(C)C. The number of anilines is 1. The minimum Gasteiger partial charge on any atom is -0.399 e. The van der Waals surface area contributed by atoms with Crippen LogP contribution in [0, 0.1) is 11.8 Å². The molecule has 12 heteroatoms. The third kappa shape index (κ3) is 10.4. The fourth-order valence-corrected chi connectivity index (χ4v) is 6.52. The molecule has 0 radical (unpaired) electrons. The lowest BCUT2D eigenvalue weighted by Crippen LogP contribution is -2.56. The fourth-order valence-electron chi connectivity index (χ4n) is 6.52. The largest absolute Gasteiger partial charge is 0.399 e. The smallest absolute Gasteiger partial charge is 0.242 e. The molecule has 1 aromatic carbocycles. The lowest BCUT2D eigenvalue weighted by molar-refractivity contribution is -0.147. The van der Waals surface area contributed by atoms with Crippen LogP contribution in [0.15, 0.2) is 24.3 Å². The number of methoxy groups -OCH3 is 2. The number of likely N-dealkylation sites (N-methyl/N-ethyl adjacent to an activating group) is 3. The summed E-state index contributed by atoms with van der Waals surface area (Å²) in [4.78, 5) is 60.6. The molecule has 1 aromatic rings. The van der Waals surface area contributed by atoms with Crippen LogP contribution < -0.4 is 11.1 Å². The van der Waals surface area contributed by atoms with Crippen molar-refractivity contribution in [2.45, 2.75) is 96.6 Å². The topological polar surface area (TPSA) is 138 Å². The maximum absolute atomic E-state index is 14.0. The summed E-state index contributed by atoms with van der Waals surface area (Å²) < 4.78 is 11.9. The number of likely N-dealkylation sites (tertiary alicyclic amines) is 1. The van der Waals surface area contributed by atoms with E-state index in [9.17, 15) is 19.2 Å². The molecule has 3 N–H and O–H groups in total. The second-order valence-electron chi connectivity index (χ2n) is 14.0. The van der Waals surface area contributed by atoms with Gasteiger partial charge in [-0.3, -0.25) is 24.1 Å². The van der Waals surface area contributed by atoms with E-state index in [-0.39, 0.29) is 48.6 Å². The van der Waals surface area contributed by atoms with Crippen molar-refractivity contribution in [3.05, 3.63) is 29.8 Å². The van der Waals surface area contributed by atoms with Gasteiger partial charge in [-0.1, -0.05) is 39.3 Å². The normalized spacial score (nSPS) is 18.2. The fraction of sp³-hybridized carbons (Fsp3) is 0.722. The number of amides is 4. The molecule has 0 saturated carbocycles. The van der Waals surface area contributed by atoms with E-state index in [2.05, 4.69) is 5.32 Å². The summed E-state index contributed by atoms with van der Waals surface area (Å²) in [5, 5.41) is 2.77. The van der Waals surface area contributed by atoms with Gasteiger partial charge in [-0.25, -0.2) is 0 Å². The number of benzene rings is 1. The first-order valence-corrected chi connectivity index (χ1v) is 17.2. The molecule has 0 spiro atoms. The number of carbonyl (C=O) groups is 4. The van der Waals surface area contributed by atoms with E-state index in [4.69, 9.17) is 15.2 Å². The summed E-state index contributed by atoms with van der Waals surface area (Å²) in [6, 6.07) is 6.99. The van der Waals surface area contributed by atoms with Crippen LogP contribution in [0.4, 0.5) is 5.69 Å². The van der Waals surface area contributed by atoms with Crippen molar-refractivity contribution in [2.75, 3.05) is 67.8 Å². The zero-order chi connectivity index (χ0) is 36.3. The molecular formula is C36H62N6O6. The standard InChI is InChI=1S/C36H62N6O6/c1-12-24(2)32(41(9)31(44)23-38-35(46)36(4,5)39(6)7)29(47-10)22-30(43)42-19-14-17-28(42)33(48-11)25(3)34(45)40(8)20-18-26-15-13-16-27(37)21-26/h13,15-16,21,24-25,28-29,32-33H,12,14,17-20,22-23,37H2,1-11H3,(H,38,46). The number of hydrogen-bond donors (Lipinski definition) is 2. The highest BCUT2D eigenvalue weighted by molar-refractivity contribution is 5.89. The maximum Gasteiger partial charge on any atom is 0.242 e. The number of rotatable bonds is 18. The zero-order valence-corrected chi connectivity index (χ0v) is 31.2. The van der Waals surface area contributed by atoms with Gasteiger partial charge >= 0.3 is 0 Å². The van der Waals surface area contributed by atoms with Crippen molar-refractivity contribution >= 4 is 29.3 Å². The van der Waals surface area contributed by atoms with Crippen molar-refractivity contribution in [1.29, 1.82) is 0 Å². The van der Waals surface area contributed by atoms with E-state index < -0.39 is 29.7 Å². The molecule has 6 unspecified atom stereocenters. The Labute approximate surface area is 288 Å². The highest BCUT2D eigenvalue weighted by Crippen LogP contribution is 2.30. The molecule has 0 bridgehead atoms. The number of nitrogens with one attached hydrogen (secondary N) is 1. The van der Waals surface area contributed by atoms with E-state index in [0.717, 1.165) is 24.8 Å². The minimum atomic E-state index is -0.780. The third-order valence-electron chi connectivity index (χ3n) is 10.4. The van der Waals surface area contributed by atoms with Crippen molar-refractivity contribution in [3.8, 4) is 0 Å². The highest BCUT2D eigenvalue weighted by Gasteiger charge is 2.42. The Hall–Kier alpha value is -3.22. The second-order valence-corrected chi connectivity index (χ2v) is 14.0. The van der Waals surface area contributed by atoms with Crippen LogP contribution in [0.5, 0.6) is 0 Å². The molecule has 1 aliphatic heterocycles. The van der Waals surface area contributed by atoms with Crippen LogP contribution in [0.1, 0.15) is 65.9 Å². The number of hydrogen-bond acceptors (Lipinski definition) is 8. The quantitative estimate of drug-likeness (QED) is 0.227. The summed E-state index contributed by atoms with van der Waals surface area (Å²) >= 11 is 0. The molecule has 0 aliphatic carbocycles. The van der Waals surface area contributed by atoms with E-state index in [0.29, 0.717) is 25.2 Å². The predicted molar refractivity (Wildman–Crippen MR) is 189 cm³/mol. The average molecular weight is 675 g/mol. The first-order chi connectivity index (χ1) is 22.5. The summed E-state index contributed by atoms with van der Waals surface area (Å²) in [7, 11) is 10.3. The third-order valence-corrected chi connectivity index (χ3v) is 10.4. The molecule has 1 fully saturated rings. The highest BCUT2D eigenvalue weighted by atomic mass is 16.5. The molecular weight excluding hydrogens is 612 g/mol. The Kier molecular flexibility index (Phi) is 15.8. The van der Waals surface area contributed by atoms with E-state index in [1.54, 1.807) is 56.9 Å². The first kappa shape index (κ1) is 41.0. The number of carbonyl (C=O) groups excluding carboxylic acids is 4. The summed E-state index contributed by atoms with van der Waals surface area (Å²) in [5.41, 5.74) is 6.89. The van der Waals surface area contributed by atoms with E-state index >= 15 is 0 Å². The van der Waals surface area contributed by atoms with Gasteiger partial charge in [0.15, 0.2) is 0 Å². The van der Waals surface area contributed by atoms with Crippen molar-refractivity contribution in [2.24, 2.45) is 11.8 Å². The summed E-state index contributed by atoms with van der Waals surface area (Å²) in [6.45, 7) is 10.5. The summed E-state index contributed by atoms with van der Waals surface area (Å²) in [6.07, 6.45) is 1.98. The Balaban J connectivity index is 2.14. The lowest BCUT2D eigenvalue weighted by Gasteiger charge is -2.39. The Bertz CT molecular complexity index is 1230. The molecule has 2 rings (SSSR count). The zero-order valence-electron chi connectivity index (χ0n) is 31.2. The van der Waals surface area contributed by atoms with Crippen LogP contribution >= 0.6 is 0 Å². The molecule has 12 nitrogen and oxygen atoms in total. The molecule has 1 aliphatic rings. The van der Waals surface area contributed by atoms with Gasteiger partial charge in [-0.15, -0.1) is 0 Å². The Morgan fingerprint density at radius 1 is 1.08 bits per heavy atom. The number of ether oxygens (including phenoxy) is 2. The Morgan fingerprint density at radius 3 is 2.31 bits per heavy atom. The monoisotopic (exact) mass is 674 g/mol. The number of nitrogen functional groups attached to an aromatic ring is 1. The molecule has 1 heterocycles. The summed E-state index contributed by atoms with van der Waals surface area (Å²) in [5.74, 6) is -1.10. The van der Waals surface area contributed by atoms with Gasteiger partial charge in [0.2, 0.25) is 23.6 Å². The number of nitrogens with two attached hydrogens (primary N) is 1. The van der Waals surface area contributed by atoms with Gasteiger partial charge in [-0.2, -0.15) is 0 Å².